The van der Waals surface area contributed by atoms with Gasteiger partial charge in [-0.25, -0.2) is 14.0 Å². The molecule has 0 fully saturated rings. The van der Waals surface area contributed by atoms with Crippen molar-refractivity contribution in [2.24, 2.45) is 0 Å². The Morgan fingerprint density at radius 1 is 0.810 bits per heavy atom. The molecule has 0 saturated carbocycles. The second kappa shape index (κ2) is 5.54. The van der Waals surface area contributed by atoms with Crippen molar-refractivity contribution in [1.29, 1.82) is 0 Å². The van der Waals surface area contributed by atoms with Crippen molar-refractivity contribution in [1.82, 2.24) is 0 Å². The number of hydrogen-bond donors (Lipinski definition) is 2. The monoisotopic (exact) mass is 288 g/mol. The normalized spacial score (nSPS) is 10.1. The van der Waals surface area contributed by atoms with Gasteiger partial charge in [0.15, 0.2) is 5.78 Å². The van der Waals surface area contributed by atoms with Crippen LogP contribution < -0.4 is 0 Å². The lowest BCUT2D eigenvalue weighted by atomic mass is 9.96. The summed E-state index contributed by atoms with van der Waals surface area (Å²) >= 11 is 0. The summed E-state index contributed by atoms with van der Waals surface area (Å²) in [5, 5.41) is 18.0. The van der Waals surface area contributed by atoms with Crippen molar-refractivity contribution in [3.63, 3.8) is 0 Å². The molecule has 0 aromatic heterocycles. The van der Waals surface area contributed by atoms with E-state index in [0.29, 0.717) is 0 Å². The summed E-state index contributed by atoms with van der Waals surface area (Å²) in [5.41, 5.74) is -1.32. The minimum absolute atomic E-state index is 0.250. The lowest BCUT2D eigenvalue weighted by Crippen LogP contribution is -2.13. The van der Waals surface area contributed by atoms with E-state index in [0.717, 1.165) is 24.3 Å². The highest BCUT2D eigenvalue weighted by Crippen LogP contribution is 2.19. The molecule has 2 aromatic rings. The number of aromatic carboxylic acids is 2. The van der Waals surface area contributed by atoms with Gasteiger partial charge in [-0.2, -0.15) is 0 Å². The zero-order chi connectivity index (χ0) is 15.6. The molecule has 2 rings (SSSR count). The quantitative estimate of drug-likeness (QED) is 0.843. The highest BCUT2D eigenvalue weighted by atomic mass is 19.1. The van der Waals surface area contributed by atoms with Gasteiger partial charge in [0.1, 0.15) is 5.82 Å². The molecular formula is C15H9FO5. The predicted octanol–water partition coefficient (Wildman–Crippen LogP) is 2.45. The average molecular weight is 288 g/mol. The zero-order valence-electron chi connectivity index (χ0n) is 10.5. The maximum absolute atomic E-state index is 13.6. The van der Waals surface area contributed by atoms with E-state index in [9.17, 15) is 18.8 Å². The van der Waals surface area contributed by atoms with Crippen molar-refractivity contribution < 1.29 is 29.0 Å². The molecule has 0 atom stereocenters. The fourth-order valence-corrected chi connectivity index (χ4v) is 1.84. The van der Waals surface area contributed by atoms with Crippen LogP contribution in [0.5, 0.6) is 0 Å². The molecule has 0 aliphatic rings. The fourth-order valence-electron chi connectivity index (χ4n) is 1.84. The molecule has 0 radical (unpaired) electrons. The summed E-state index contributed by atoms with van der Waals surface area (Å²) in [5.74, 6) is -4.39. The second-order valence-corrected chi connectivity index (χ2v) is 4.18. The van der Waals surface area contributed by atoms with Gasteiger partial charge >= 0.3 is 11.9 Å². The summed E-state index contributed by atoms with van der Waals surface area (Å²) in [6.07, 6.45) is 0. The van der Waals surface area contributed by atoms with E-state index in [1.807, 2.05) is 0 Å². The van der Waals surface area contributed by atoms with Gasteiger partial charge in [-0.15, -0.1) is 0 Å². The smallest absolute Gasteiger partial charge is 0.336 e. The number of ketones is 1. The summed E-state index contributed by atoms with van der Waals surface area (Å²) in [4.78, 5) is 34.3. The second-order valence-electron chi connectivity index (χ2n) is 4.18. The van der Waals surface area contributed by atoms with E-state index < -0.39 is 23.5 Å². The van der Waals surface area contributed by atoms with Gasteiger partial charge in [0, 0.05) is 5.56 Å². The Balaban J connectivity index is 2.63. The van der Waals surface area contributed by atoms with Gasteiger partial charge in [-0.1, -0.05) is 12.1 Å². The van der Waals surface area contributed by atoms with E-state index in [1.165, 1.54) is 18.2 Å². The molecule has 5 nitrogen and oxygen atoms in total. The standard InChI is InChI=1S/C15H9FO5/c16-12-4-2-1-3-10(12)13(17)11-7-8(14(18)19)5-6-9(11)15(20)21/h1-7H,(H,18,19)(H,20,21). The molecule has 0 saturated heterocycles. The van der Waals surface area contributed by atoms with E-state index in [4.69, 9.17) is 10.2 Å². The van der Waals surface area contributed by atoms with E-state index in [2.05, 4.69) is 0 Å². The molecule has 0 unspecified atom stereocenters. The first-order valence-electron chi connectivity index (χ1n) is 5.81. The molecule has 106 valence electrons. The van der Waals surface area contributed by atoms with E-state index in [1.54, 1.807) is 0 Å². The number of rotatable bonds is 4. The minimum Gasteiger partial charge on any atom is -0.478 e. The highest BCUT2D eigenvalue weighted by molar-refractivity contribution is 6.15. The van der Waals surface area contributed by atoms with Gasteiger partial charge in [0.05, 0.1) is 16.7 Å². The topological polar surface area (TPSA) is 91.7 Å². The molecule has 0 spiro atoms. The van der Waals surface area contributed by atoms with Crippen LogP contribution in [0.1, 0.15) is 36.6 Å². The number of benzene rings is 2. The van der Waals surface area contributed by atoms with Crippen LogP contribution in [0.4, 0.5) is 4.39 Å². The van der Waals surface area contributed by atoms with Crippen LogP contribution in [0.3, 0.4) is 0 Å². The first-order valence-corrected chi connectivity index (χ1v) is 5.81. The third-order valence-electron chi connectivity index (χ3n) is 2.86. The average Bonchev–Trinajstić information content (AvgIpc) is 2.46. The number of carbonyl (C=O) groups excluding carboxylic acids is 1. The maximum Gasteiger partial charge on any atom is 0.336 e. The Hall–Kier alpha value is -3.02. The summed E-state index contributed by atoms with van der Waals surface area (Å²) < 4.78 is 13.6. The molecule has 0 amide bonds. The first kappa shape index (κ1) is 14.4. The van der Waals surface area contributed by atoms with Crippen molar-refractivity contribution in [2.45, 2.75) is 0 Å². The number of carboxylic acid groups (broad SMARTS) is 2. The van der Waals surface area contributed by atoms with Crippen molar-refractivity contribution in [2.75, 3.05) is 0 Å². The minimum atomic E-state index is -1.40. The first-order chi connectivity index (χ1) is 9.91. The largest absolute Gasteiger partial charge is 0.478 e. The summed E-state index contributed by atoms with van der Waals surface area (Å²) in [6, 6.07) is 8.10. The van der Waals surface area contributed by atoms with E-state index in [-0.39, 0.29) is 22.3 Å². The van der Waals surface area contributed by atoms with Crippen molar-refractivity contribution in [3.8, 4) is 0 Å². The van der Waals surface area contributed by atoms with Gasteiger partial charge in [-0.05, 0) is 30.3 Å². The molecule has 0 aliphatic carbocycles. The molecule has 0 aliphatic heterocycles. The van der Waals surface area contributed by atoms with Crippen LogP contribution in [0.25, 0.3) is 0 Å². The van der Waals surface area contributed by atoms with Crippen molar-refractivity contribution >= 4 is 17.7 Å². The lowest BCUT2D eigenvalue weighted by Gasteiger charge is -2.07. The van der Waals surface area contributed by atoms with Gasteiger partial charge < -0.3 is 10.2 Å². The number of carbonyl (C=O) groups is 3. The lowest BCUT2D eigenvalue weighted by molar-refractivity contribution is 0.0679. The summed E-state index contributed by atoms with van der Waals surface area (Å²) in [6.45, 7) is 0. The number of hydrogen-bond acceptors (Lipinski definition) is 3. The van der Waals surface area contributed by atoms with Crippen LogP contribution in [-0.2, 0) is 0 Å². The van der Waals surface area contributed by atoms with E-state index >= 15 is 0 Å². The van der Waals surface area contributed by atoms with Crippen LogP contribution >= 0.6 is 0 Å². The molecule has 6 heteroatoms. The third-order valence-corrected chi connectivity index (χ3v) is 2.86. The Bertz CT molecular complexity index is 751. The van der Waals surface area contributed by atoms with Crippen LogP contribution in [-0.4, -0.2) is 27.9 Å². The van der Waals surface area contributed by atoms with Crippen LogP contribution in [0.2, 0.25) is 0 Å². The van der Waals surface area contributed by atoms with Crippen molar-refractivity contribution in [3.05, 3.63) is 70.5 Å². The third kappa shape index (κ3) is 2.79. The molecule has 2 aromatic carbocycles. The number of halogens is 1. The molecule has 2 N–H and O–H groups in total. The number of carboxylic acids is 2. The molecule has 21 heavy (non-hydrogen) atoms. The van der Waals surface area contributed by atoms with Gasteiger partial charge in [0.2, 0.25) is 0 Å². The van der Waals surface area contributed by atoms with Gasteiger partial charge in [0.25, 0.3) is 0 Å². The Morgan fingerprint density at radius 2 is 1.48 bits per heavy atom. The Morgan fingerprint density at radius 3 is 2.05 bits per heavy atom. The van der Waals surface area contributed by atoms with Crippen LogP contribution in [0.15, 0.2) is 42.5 Å². The SMILES string of the molecule is O=C(O)c1ccc(C(=O)O)c(C(=O)c2ccccc2F)c1. The zero-order valence-corrected chi connectivity index (χ0v) is 10.5. The predicted molar refractivity (Wildman–Crippen MR) is 70.2 cm³/mol. The molecule has 0 heterocycles. The summed E-state index contributed by atoms with van der Waals surface area (Å²) in [7, 11) is 0. The fraction of sp³-hybridized carbons (Fsp3) is 0. The maximum atomic E-state index is 13.6. The van der Waals surface area contributed by atoms with Gasteiger partial charge in [-0.3, -0.25) is 4.79 Å². The Kier molecular flexibility index (Phi) is 3.80. The molecule has 0 bridgehead atoms. The Labute approximate surface area is 118 Å². The van der Waals surface area contributed by atoms with Crippen LogP contribution in [0, 0.1) is 5.82 Å². The highest BCUT2D eigenvalue weighted by Gasteiger charge is 2.22. The molecular weight excluding hydrogens is 279 g/mol.